The molecular formula is C54H112P+. The van der Waals surface area contributed by atoms with Crippen molar-refractivity contribution in [2.24, 2.45) is 0 Å². The number of hydrogen-bond donors (Lipinski definition) is 0. The molecule has 0 amide bonds. The molecule has 0 rings (SSSR count). The Labute approximate surface area is 353 Å². The Bertz CT molecular complexity index is 591. The summed E-state index contributed by atoms with van der Waals surface area (Å²) < 4.78 is 0. The molecule has 0 aliphatic rings. The fraction of sp³-hybridized carbons (Fsp3) is 1.00. The predicted molar refractivity (Wildman–Crippen MR) is 261 cm³/mol. The number of rotatable bonds is 50. The van der Waals surface area contributed by atoms with E-state index < -0.39 is 7.26 Å². The van der Waals surface area contributed by atoms with E-state index in [0.717, 1.165) is 0 Å². The molecule has 0 saturated heterocycles. The minimum atomic E-state index is -0.810. The first-order valence-electron chi connectivity index (χ1n) is 27.1. The molecule has 0 radical (unpaired) electrons. The molecule has 0 fully saturated rings. The zero-order valence-corrected chi connectivity index (χ0v) is 40.7. The van der Waals surface area contributed by atoms with Gasteiger partial charge in [-0.3, -0.25) is 0 Å². The molecule has 0 saturated carbocycles. The Kier molecular flexibility index (Phi) is 49.2. The SMILES string of the molecule is CCCCCCCCCCCCCCC[P+](CCCCCCCCCCCCC)(CCCCCCCCCCCCC)CCCCCCCCCCCCC. The second kappa shape index (κ2) is 48.8. The summed E-state index contributed by atoms with van der Waals surface area (Å²) in [6.07, 6.45) is 75.3. The largest absolute Gasteiger partial charge is 0.0654 e. The van der Waals surface area contributed by atoms with E-state index >= 15 is 0 Å². The minimum Gasteiger partial charge on any atom is -0.0654 e. The zero-order chi connectivity index (χ0) is 39.9. The van der Waals surface area contributed by atoms with Gasteiger partial charge in [0.05, 0.1) is 24.6 Å². The average molecular weight is 792 g/mol. The zero-order valence-electron chi connectivity index (χ0n) is 39.8. The van der Waals surface area contributed by atoms with Crippen molar-refractivity contribution in [3.05, 3.63) is 0 Å². The van der Waals surface area contributed by atoms with Gasteiger partial charge in [0.25, 0.3) is 0 Å². The van der Waals surface area contributed by atoms with Crippen LogP contribution in [0.1, 0.15) is 323 Å². The Hall–Kier alpha value is 0.430. The summed E-state index contributed by atoms with van der Waals surface area (Å²) in [6.45, 7) is 9.35. The molecular weight excluding hydrogens is 680 g/mol. The highest BCUT2D eigenvalue weighted by Gasteiger charge is 2.35. The van der Waals surface area contributed by atoms with Gasteiger partial charge in [-0.05, 0) is 51.4 Å². The monoisotopic (exact) mass is 792 g/mol. The standard InChI is InChI=1S/C54H112P/c1-5-9-13-17-21-25-29-30-34-38-42-46-50-54-55(51-47-43-39-35-31-26-22-18-14-10-6-2,52-48-44-40-36-32-27-23-19-15-11-7-3)53-49-45-41-37-33-28-24-20-16-12-8-4/h5-54H2,1-4H3/q+1. The van der Waals surface area contributed by atoms with Crippen molar-refractivity contribution in [1.29, 1.82) is 0 Å². The lowest BCUT2D eigenvalue weighted by molar-refractivity contribution is 0.542. The quantitative estimate of drug-likeness (QED) is 0.0425. The third kappa shape index (κ3) is 43.8. The van der Waals surface area contributed by atoms with Crippen molar-refractivity contribution < 1.29 is 0 Å². The van der Waals surface area contributed by atoms with Crippen LogP contribution in [-0.4, -0.2) is 24.6 Å². The van der Waals surface area contributed by atoms with Crippen molar-refractivity contribution in [2.75, 3.05) is 24.6 Å². The van der Waals surface area contributed by atoms with Gasteiger partial charge in [-0.25, -0.2) is 0 Å². The molecule has 0 aromatic rings. The summed E-state index contributed by atoms with van der Waals surface area (Å²) in [4.78, 5) is 0. The lowest BCUT2D eigenvalue weighted by Crippen LogP contribution is -2.13. The lowest BCUT2D eigenvalue weighted by Gasteiger charge is -2.28. The molecule has 0 aromatic heterocycles. The Morgan fingerprint density at radius 1 is 0.145 bits per heavy atom. The number of unbranched alkanes of at least 4 members (excludes halogenated alkanes) is 42. The smallest absolute Gasteiger partial charge is 0.0594 e. The van der Waals surface area contributed by atoms with E-state index in [2.05, 4.69) is 27.7 Å². The topological polar surface area (TPSA) is 0 Å². The Morgan fingerprint density at radius 3 is 0.382 bits per heavy atom. The molecule has 0 aliphatic heterocycles. The molecule has 0 bridgehead atoms. The van der Waals surface area contributed by atoms with Crippen LogP contribution in [0.4, 0.5) is 0 Å². The Balaban J connectivity index is 4.89. The molecule has 0 atom stereocenters. The van der Waals surface area contributed by atoms with Crippen molar-refractivity contribution >= 4 is 7.26 Å². The van der Waals surface area contributed by atoms with Crippen molar-refractivity contribution in [1.82, 2.24) is 0 Å². The summed E-state index contributed by atoms with van der Waals surface area (Å²) in [5.41, 5.74) is 0. The van der Waals surface area contributed by atoms with E-state index in [0.29, 0.717) is 0 Å². The van der Waals surface area contributed by atoms with Crippen LogP contribution in [0.5, 0.6) is 0 Å². The summed E-state index contributed by atoms with van der Waals surface area (Å²) in [6, 6.07) is 0. The van der Waals surface area contributed by atoms with Crippen LogP contribution in [0, 0.1) is 0 Å². The summed E-state index contributed by atoms with van der Waals surface area (Å²) in [5, 5.41) is 0. The maximum Gasteiger partial charge on any atom is 0.0594 e. The Morgan fingerprint density at radius 2 is 0.255 bits per heavy atom. The van der Waals surface area contributed by atoms with E-state index in [1.807, 2.05) is 0 Å². The van der Waals surface area contributed by atoms with Crippen LogP contribution >= 0.6 is 7.26 Å². The number of hydrogen-bond acceptors (Lipinski definition) is 0. The molecule has 0 unspecified atom stereocenters. The van der Waals surface area contributed by atoms with E-state index in [1.54, 1.807) is 50.3 Å². The highest BCUT2D eigenvalue weighted by Crippen LogP contribution is 2.61. The van der Waals surface area contributed by atoms with E-state index in [4.69, 9.17) is 0 Å². The van der Waals surface area contributed by atoms with Crippen LogP contribution in [0.15, 0.2) is 0 Å². The second-order valence-electron chi connectivity index (χ2n) is 19.1. The third-order valence-corrected chi connectivity index (χ3v) is 18.5. The van der Waals surface area contributed by atoms with E-state index in [9.17, 15) is 0 Å². The lowest BCUT2D eigenvalue weighted by atomic mass is 10.1. The van der Waals surface area contributed by atoms with Crippen LogP contribution in [0.3, 0.4) is 0 Å². The highest BCUT2D eigenvalue weighted by atomic mass is 31.2. The van der Waals surface area contributed by atoms with Gasteiger partial charge in [0, 0.05) is 7.26 Å². The molecule has 55 heavy (non-hydrogen) atoms. The fourth-order valence-electron chi connectivity index (χ4n) is 9.47. The van der Waals surface area contributed by atoms with Crippen molar-refractivity contribution in [3.8, 4) is 0 Å². The predicted octanol–water partition coefficient (Wildman–Crippen LogP) is 21.0. The summed E-state index contributed by atoms with van der Waals surface area (Å²) in [7, 11) is -0.810. The van der Waals surface area contributed by atoms with E-state index in [1.165, 1.54) is 270 Å². The third-order valence-electron chi connectivity index (χ3n) is 13.4. The van der Waals surface area contributed by atoms with E-state index in [-0.39, 0.29) is 0 Å². The van der Waals surface area contributed by atoms with Crippen LogP contribution < -0.4 is 0 Å². The first kappa shape index (κ1) is 55.4. The van der Waals surface area contributed by atoms with Crippen LogP contribution in [-0.2, 0) is 0 Å². The molecule has 0 aliphatic carbocycles. The van der Waals surface area contributed by atoms with Gasteiger partial charge in [-0.15, -0.1) is 0 Å². The van der Waals surface area contributed by atoms with Gasteiger partial charge >= 0.3 is 0 Å². The van der Waals surface area contributed by atoms with Crippen molar-refractivity contribution in [2.45, 2.75) is 323 Å². The van der Waals surface area contributed by atoms with Gasteiger partial charge in [0.2, 0.25) is 0 Å². The minimum absolute atomic E-state index is 0.810. The summed E-state index contributed by atoms with van der Waals surface area (Å²) >= 11 is 0. The fourth-order valence-corrected chi connectivity index (χ4v) is 14.4. The molecule has 0 heterocycles. The molecule has 0 spiro atoms. The maximum atomic E-state index is 2.34. The van der Waals surface area contributed by atoms with Gasteiger partial charge < -0.3 is 0 Å². The maximum absolute atomic E-state index is 2.34. The van der Waals surface area contributed by atoms with Gasteiger partial charge in [0.15, 0.2) is 0 Å². The molecule has 0 aromatic carbocycles. The van der Waals surface area contributed by atoms with Gasteiger partial charge in [0.1, 0.15) is 0 Å². The van der Waals surface area contributed by atoms with Gasteiger partial charge in [-0.2, -0.15) is 0 Å². The second-order valence-corrected chi connectivity index (χ2v) is 23.6. The molecule has 1 heteroatoms. The average Bonchev–Trinajstić information content (AvgIpc) is 3.19. The first-order valence-corrected chi connectivity index (χ1v) is 29.6. The normalized spacial score (nSPS) is 12.0. The van der Waals surface area contributed by atoms with Crippen molar-refractivity contribution in [3.63, 3.8) is 0 Å². The first-order chi connectivity index (χ1) is 27.2. The van der Waals surface area contributed by atoms with Crippen LogP contribution in [0.2, 0.25) is 0 Å². The molecule has 0 N–H and O–H groups in total. The highest BCUT2D eigenvalue weighted by molar-refractivity contribution is 7.75. The molecule has 0 nitrogen and oxygen atoms in total. The molecule has 332 valence electrons. The van der Waals surface area contributed by atoms with Crippen LogP contribution in [0.25, 0.3) is 0 Å². The summed E-state index contributed by atoms with van der Waals surface area (Å²) in [5.74, 6) is 0. The van der Waals surface area contributed by atoms with Gasteiger partial charge in [-0.1, -0.05) is 272 Å².